The van der Waals surface area contributed by atoms with Crippen LogP contribution in [0.3, 0.4) is 0 Å². The van der Waals surface area contributed by atoms with Crippen LogP contribution in [0.4, 0.5) is 4.39 Å². The first-order valence-corrected chi connectivity index (χ1v) is 12.1. The highest BCUT2D eigenvalue weighted by Gasteiger charge is 2.37. The molecule has 1 aromatic carbocycles. The van der Waals surface area contributed by atoms with E-state index in [0.717, 1.165) is 18.2 Å². The molecule has 1 N–H and O–H groups in total. The Hall–Kier alpha value is -2.52. The summed E-state index contributed by atoms with van der Waals surface area (Å²) >= 11 is 0. The third kappa shape index (κ3) is 5.51. The summed E-state index contributed by atoms with van der Waals surface area (Å²) in [5.41, 5.74) is -0.362. The highest BCUT2D eigenvalue weighted by Crippen LogP contribution is 2.37. The van der Waals surface area contributed by atoms with Gasteiger partial charge in [-0.3, -0.25) is 14.9 Å². The molecule has 0 aliphatic carbocycles. The Bertz CT molecular complexity index is 933. The number of nitro groups is 1. The Morgan fingerprint density at radius 2 is 1.86 bits per heavy atom. The van der Waals surface area contributed by atoms with Crippen LogP contribution in [-0.4, -0.2) is 24.9 Å². The van der Waals surface area contributed by atoms with Crippen LogP contribution >= 0.6 is 0 Å². The van der Waals surface area contributed by atoms with E-state index in [4.69, 9.17) is 8.84 Å². The van der Waals surface area contributed by atoms with Gasteiger partial charge in [0.2, 0.25) is 17.7 Å². The van der Waals surface area contributed by atoms with Crippen molar-refractivity contribution in [3.63, 3.8) is 0 Å². The number of benzene rings is 1. The summed E-state index contributed by atoms with van der Waals surface area (Å²) in [6, 6.07) is 6.16. The molecule has 0 saturated heterocycles. The molecule has 0 aliphatic rings. The molecule has 2 aromatic rings. The minimum absolute atomic E-state index is 0.00755. The molecular formula is C20H26FNO6Si. The predicted octanol–water partition coefficient (Wildman–Crippen LogP) is 4.41. The van der Waals surface area contributed by atoms with Gasteiger partial charge in [-0.05, 0) is 35.8 Å². The fraction of sp³-hybridized carbons (Fsp3) is 0.450. The van der Waals surface area contributed by atoms with Gasteiger partial charge in [0.1, 0.15) is 17.5 Å². The molecule has 1 heterocycles. The maximum absolute atomic E-state index is 13.3. The summed E-state index contributed by atoms with van der Waals surface area (Å²) in [6.07, 6.45) is 0. The quantitative estimate of drug-likeness (QED) is 0.402. The summed E-state index contributed by atoms with van der Waals surface area (Å²) in [7, 11) is -2.13. The number of nitrogens with zero attached hydrogens (tertiary/aromatic N) is 1. The van der Waals surface area contributed by atoms with Crippen molar-refractivity contribution in [2.24, 2.45) is 0 Å². The van der Waals surface area contributed by atoms with Crippen molar-refractivity contribution in [2.45, 2.75) is 51.4 Å². The SMILES string of the molecule is CC(C)(C)[Si](C)(C)OCc1cc(=O)c(O)c(C(C[N+](=O)[O-])c2ccc(F)cc2)o1. The lowest BCUT2D eigenvalue weighted by Crippen LogP contribution is -2.40. The van der Waals surface area contributed by atoms with Crippen LogP contribution in [0, 0.1) is 15.9 Å². The molecule has 0 radical (unpaired) electrons. The lowest BCUT2D eigenvalue weighted by atomic mass is 9.95. The number of rotatable bonds is 7. The number of hydrogen-bond acceptors (Lipinski definition) is 6. The molecular weight excluding hydrogens is 397 g/mol. The Morgan fingerprint density at radius 3 is 2.38 bits per heavy atom. The van der Waals surface area contributed by atoms with Gasteiger partial charge >= 0.3 is 0 Å². The van der Waals surface area contributed by atoms with Crippen LogP contribution in [0.2, 0.25) is 18.1 Å². The van der Waals surface area contributed by atoms with Crippen molar-refractivity contribution in [3.8, 4) is 5.75 Å². The second-order valence-corrected chi connectivity index (χ2v) is 13.3. The Balaban J connectivity index is 2.45. The first-order chi connectivity index (χ1) is 13.3. The van der Waals surface area contributed by atoms with Crippen LogP contribution in [0.1, 0.15) is 43.8 Å². The van der Waals surface area contributed by atoms with E-state index in [9.17, 15) is 24.4 Å². The van der Waals surface area contributed by atoms with E-state index in [0.29, 0.717) is 5.56 Å². The fourth-order valence-electron chi connectivity index (χ4n) is 2.51. The van der Waals surface area contributed by atoms with Crippen molar-refractivity contribution in [3.05, 3.63) is 73.6 Å². The highest BCUT2D eigenvalue weighted by molar-refractivity contribution is 6.74. The van der Waals surface area contributed by atoms with E-state index in [2.05, 4.69) is 20.8 Å². The van der Waals surface area contributed by atoms with E-state index in [1.54, 1.807) is 0 Å². The smallest absolute Gasteiger partial charge is 0.227 e. The fourth-order valence-corrected chi connectivity index (χ4v) is 3.45. The van der Waals surface area contributed by atoms with E-state index in [1.807, 2.05) is 13.1 Å². The molecule has 1 aromatic heterocycles. The lowest BCUT2D eigenvalue weighted by molar-refractivity contribution is -0.482. The van der Waals surface area contributed by atoms with E-state index in [1.165, 1.54) is 12.1 Å². The lowest BCUT2D eigenvalue weighted by Gasteiger charge is -2.35. The van der Waals surface area contributed by atoms with Crippen LogP contribution in [0.5, 0.6) is 5.75 Å². The van der Waals surface area contributed by atoms with Crippen LogP contribution in [0.25, 0.3) is 0 Å². The molecule has 7 nitrogen and oxygen atoms in total. The average molecular weight is 424 g/mol. The molecule has 0 bridgehead atoms. The topological polar surface area (TPSA) is 103 Å². The van der Waals surface area contributed by atoms with Crippen LogP contribution in [0.15, 0.2) is 39.5 Å². The molecule has 29 heavy (non-hydrogen) atoms. The van der Waals surface area contributed by atoms with Gasteiger partial charge in [0.15, 0.2) is 14.1 Å². The van der Waals surface area contributed by atoms with Crippen LogP contribution in [-0.2, 0) is 11.0 Å². The minimum Gasteiger partial charge on any atom is -0.502 e. The molecule has 0 fully saturated rings. The molecule has 1 unspecified atom stereocenters. The number of aromatic hydroxyl groups is 1. The summed E-state index contributed by atoms with van der Waals surface area (Å²) in [5.74, 6) is -2.31. The zero-order valence-electron chi connectivity index (χ0n) is 17.2. The third-order valence-electron chi connectivity index (χ3n) is 5.30. The molecule has 2 rings (SSSR count). The van der Waals surface area contributed by atoms with Gasteiger partial charge in [-0.15, -0.1) is 0 Å². The first kappa shape index (κ1) is 22.8. The predicted molar refractivity (Wildman–Crippen MR) is 109 cm³/mol. The van der Waals surface area contributed by atoms with Crippen molar-refractivity contribution in [1.29, 1.82) is 0 Å². The van der Waals surface area contributed by atoms with Crippen molar-refractivity contribution in [1.82, 2.24) is 0 Å². The zero-order valence-corrected chi connectivity index (χ0v) is 18.2. The Kier molecular flexibility index (Phi) is 6.64. The Labute approximate surface area is 169 Å². The highest BCUT2D eigenvalue weighted by atomic mass is 28.4. The van der Waals surface area contributed by atoms with Gasteiger partial charge in [-0.1, -0.05) is 32.9 Å². The van der Waals surface area contributed by atoms with E-state index < -0.39 is 42.7 Å². The van der Waals surface area contributed by atoms with Crippen molar-refractivity contribution in [2.75, 3.05) is 6.54 Å². The van der Waals surface area contributed by atoms with Gasteiger partial charge in [0, 0.05) is 11.0 Å². The zero-order chi connectivity index (χ0) is 22.0. The summed E-state index contributed by atoms with van der Waals surface area (Å²) in [4.78, 5) is 22.9. The largest absolute Gasteiger partial charge is 0.502 e. The molecule has 1 atom stereocenters. The minimum atomic E-state index is -2.13. The second-order valence-electron chi connectivity index (χ2n) is 8.46. The molecule has 0 aliphatic heterocycles. The first-order valence-electron chi connectivity index (χ1n) is 9.19. The molecule has 0 amide bonds. The summed E-state index contributed by atoms with van der Waals surface area (Å²) in [6.45, 7) is 9.67. The van der Waals surface area contributed by atoms with Crippen LogP contribution < -0.4 is 5.43 Å². The standard InChI is InChI=1S/C20H26FNO6Si/c1-20(2,3)29(4,5)27-12-15-10-17(23)18(24)19(28-15)16(11-22(25)26)13-6-8-14(21)9-7-13/h6-10,16,24H,11-12H2,1-5H3. The van der Waals surface area contributed by atoms with E-state index >= 15 is 0 Å². The van der Waals surface area contributed by atoms with Gasteiger partial charge < -0.3 is 13.9 Å². The monoisotopic (exact) mass is 423 g/mol. The average Bonchev–Trinajstić information content (AvgIpc) is 2.60. The maximum atomic E-state index is 13.3. The number of halogens is 1. The molecule has 0 saturated carbocycles. The third-order valence-corrected chi connectivity index (χ3v) is 9.78. The molecule has 0 spiro atoms. The van der Waals surface area contributed by atoms with Gasteiger partial charge in [-0.25, -0.2) is 4.39 Å². The summed E-state index contributed by atoms with van der Waals surface area (Å²) in [5, 5.41) is 21.4. The Morgan fingerprint density at radius 1 is 1.28 bits per heavy atom. The maximum Gasteiger partial charge on any atom is 0.227 e. The normalized spacial score (nSPS) is 13.3. The molecule has 158 valence electrons. The van der Waals surface area contributed by atoms with Crippen molar-refractivity contribution >= 4 is 8.32 Å². The van der Waals surface area contributed by atoms with Gasteiger partial charge in [0.25, 0.3) is 0 Å². The van der Waals surface area contributed by atoms with Crippen molar-refractivity contribution < 1.29 is 23.3 Å². The second kappa shape index (κ2) is 8.46. The summed E-state index contributed by atoms with van der Waals surface area (Å²) < 4.78 is 25.0. The molecule has 9 heteroatoms. The van der Waals surface area contributed by atoms with E-state index in [-0.39, 0.29) is 23.2 Å². The van der Waals surface area contributed by atoms with Gasteiger partial charge in [-0.2, -0.15) is 0 Å². The van der Waals surface area contributed by atoms with Gasteiger partial charge in [0.05, 0.1) is 6.61 Å². The number of hydrogen-bond donors (Lipinski definition) is 1.